The van der Waals surface area contributed by atoms with Gasteiger partial charge in [-0.3, -0.25) is 4.79 Å². The summed E-state index contributed by atoms with van der Waals surface area (Å²) in [6, 6.07) is 20.9. The number of carbonyl (C=O) groups is 1. The van der Waals surface area contributed by atoms with Crippen LogP contribution in [0, 0.1) is 0 Å². The quantitative estimate of drug-likeness (QED) is 0.518. The van der Waals surface area contributed by atoms with Gasteiger partial charge in [0.05, 0.1) is 6.04 Å². The molecule has 0 saturated heterocycles. The smallest absolute Gasteiger partial charge is 0.163 e. The van der Waals surface area contributed by atoms with E-state index in [-0.39, 0.29) is 11.8 Å². The number of Topliss-reactive ketones (excluding diaryl/α,β-unsaturated/α-hetero) is 1. The lowest BCUT2D eigenvalue weighted by Gasteiger charge is -2.35. The second kappa shape index (κ2) is 6.10. The summed E-state index contributed by atoms with van der Waals surface area (Å²) in [4.78, 5) is 13.0. The Morgan fingerprint density at radius 2 is 1.73 bits per heavy atom. The molecule has 0 radical (unpaired) electrons. The van der Waals surface area contributed by atoms with Gasteiger partial charge < -0.3 is 5.32 Å². The lowest BCUT2D eigenvalue weighted by atomic mass is 9.77. The first-order valence-corrected chi connectivity index (χ1v) is 9.82. The lowest BCUT2D eigenvalue weighted by Crippen LogP contribution is -2.26. The first-order valence-electron chi connectivity index (χ1n) is 9.03. The highest BCUT2D eigenvalue weighted by Gasteiger charge is 2.34. The van der Waals surface area contributed by atoms with Crippen LogP contribution in [0.4, 0.5) is 5.69 Å². The van der Waals surface area contributed by atoms with E-state index in [9.17, 15) is 4.79 Å². The van der Waals surface area contributed by atoms with Crippen molar-refractivity contribution in [2.75, 3.05) is 5.32 Å². The number of anilines is 1. The zero-order valence-electron chi connectivity index (χ0n) is 14.3. The van der Waals surface area contributed by atoms with Crippen molar-refractivity contribution in [3.63, 3.8) is 0 Å². The molecule has 0 fully saturated rings. The monoisotopic (exact) mass is 403 g/mol. The number of carbonyl (C=O) groups excluding carboxylic acids is 1. The van der Waals surface area contributed by atoms with E-state index in [1.165, 1.54) is 16.5 Å². The van der Waals surface area contributed by atoms with Gasteiger partial charge in [0.15, 0.2) is 5.78 Å². The second-order valence-corrected chi connectivity index (χ2v) is 7.84. The zero-order chi connectivity index (χ0) is 17.7. The van der Waals surface area contributed by atoms with Gasteiger partial charge in [-0.05, 0) is 46.9 Å². The Morgan fingerprint density at radius 1 is 0.923 bits per heavy atom. The van der Waals surface area contributed by atoms with Crippen LogP contribution in [0.2, 0.25) is 0 Å². The Morgan fingerprint density at radius 3 is 2.62 bits per heavy atom. The number of rotatable bonds is 1. The molecule has 1 aliphatic carbocycles. The van der Waals surface area contributed by atoms with E-state index in [1.54, 1.807) is 0 Å². The average molecular weight is 404 g/mol. The van der Waals surface area contributed by atoms with E-state index in [2.05, 4.69) is 69.8 Å². The molecule has 0 aromatic heterocycles. The zero-order valence-corrected chi connectivity index (χ0v) is 15.8. The molecule has 2 aliphatic rings. The van der Waals surface area contributed by atoms with Gasteiger partial charge in [-0.15, -0.1) is 0 Å². The van der Waals surface area contributed by atoms with Gasteiger partial charge in [-0.1, -0.05) is 64.5 Å². The molecular weight excluding hydrogens is 386 g/mol. The molecule has 0 spiro atoms. The lowest BCUT2D eigenvalue weighted by molar-refractivity contribution is -0.114. The Hall–Kier alpha value is -2.39. The molecule has 1 unspecified atom stereocenters. The predicted molar refractivity (Wildman–Crippen MR) is 110 cm³/mol. The number of allylic oxidation sites excluding steroid dienone is 1. The molecule has 1 atom stereocenters. The molecule has 128 valence electrons. The van der Waals surface area contributed by atoms with Crippen molar-refractivity contribution in [3.05, 3.63) is 81.8 Å². The summed E-state index contributed by atoms with van der Waals surface area (Å²) in [5.41, 5.74) is 5.51. The fourth-order valence-corrected chi connectivity index (χ4v) is 4.85. The normalized spacial score (nSPS) is 19.1. The van der Waals surface area contributed by atoms with Crippen LogP contribution in [-0.2, 0) is 4.79 Å². The number of ketones is 1. The number of nitrogens with one attached hydrogen (secondary N) is 1. The van der Waals surface area contributed by atoms with Gasteiger partial charge >= 0.3 is 0 Å². The van der Waals surface area contributed by atoms with E-state index >= 15 is 0 Å². The third-order valence-electron chi connectivity index (χ3n) is 5.49. The van der Waals surface area contributed by atoms with Crippen molar-refractivity contribution < 1.29 is 4.79 Å². The van der Waals surface area contributed by atoms with Crippen LogP contribution >= 0.6 is 15.9 Å². The first kappa shape index (κ1) is 15.8. The molecule has 0 amide bonds. The van der Waals surface area contributed by atoms with E-state index in [4.69, 9.17) is 0 Å². The minimum atomic E-state index is 0.0403. The van der Waals surface area contributed by atoms with Crippen LogP contribution in [0.15, 0.2) is 70.7 Å². The minimum Gasteiger partial charge on any atom is -0.374 e. The number of fused-ring (bicyclic) bond motifs is 4. The van der Waals surface area contributed by atoms with Crippen molar-refractivity contribution in [1.29, 1.82) is 0 Å². The van der Waals surface area contributed by atoms with Crippen LogP contribution in [0.1, 0.15) is 36.4 Å². The Balaban J connectivity index is 1.81. The van der Waals surface area contributed by atoms with Crippen LogP contribution in [-0.4, -0.2) is 5.78 Å². The minimum absolute atomic E-state index is 0.0403. The van der Waals surface area contributed by atoms with Gasteiger partial charge in [0, 0.05) is 27.7 Å². The maximum absolute atomic E-state index is 13.0. The van der Waals surface area contributed by atoms with Gasteiger partial charge in [-0.25, -0.2) is 0 Å². The summed E-state index contributed by atoms with van der Waals surface area (Å²) in [5.74, 6) is 0.280. The SMILES string of the molecule is O=C1CCCC2=C1c1c(ccc3ccccc13)NC2c1ccccc1Br. The highest BCUT2D eigenvalue weighted by atomic mass is 79.9. The average Bonchev–Trinajstić information content (AvgIpc) is 2.67. The van der Waals surface area contributed by atoms with Crippen molar-refractivity contribution in [3.8, 4) is 0 Å². The molecule has 1 heterocycles. The molecule has 0 saturated carbocycles. The van der Waals surface area contributed by atoms with Crippen molar-refractivity contribution >= 4 is 43.7 Å². The topological polar surface area (TPSA) is 29.1 Å². The first-order chi connectivity index (χ1) is 12.7. The molecule has 3 aromatic rings. The van der Waals surface area contributed by atoms with Crippen molar-refractivity contribution in [2.24, 2.45) is 0 Å². The van der Waals surface area contributed by atoms with E-state index in [0.29, 0.717) is 6.42 Å². The molecule has 5 rings (SSSR count). The highest BCUT2D eigenvalue weighted by Crippen LogP contribution is 2.48. The summed E-state index contributed by atoms with van der Waals surface area (Å²) >= 11 is 3.70. The molecule has 0 bridgehead atoms. The predicted octanol–water partition coefficient (Wildman–Crippen LogP) is 6.28. The van der Waals surface area contributed by atoms with Gasteiger partial charge in [0.1, 0.15) is 0 Å². The van der Waals surface area contributed by atoms with Crippen LogP contribution in [0.25, 0.3) is 16.3 Å². The van der Waals surface area contributed by atoms with E-state index < -0.39 is 0 Å². The Kier molecular flexibility index (Phi) is 3.71. The van der Waals surface area contributed by atoms with Gasteiger partial charge in [-0.2, -0.15) is 0 Å². The Labute approximate surface area is 161 Å². The second-order valence-electron chi connectivity index (χ2n) is 6.99. The van der Waals surface area contributed by atoms with Crippen LogP contribution < -0.4 is 5.32 Å². The number of benzene rings is 3. The third-order valence-corrected chi connectivity index (χ3v) is 6.22. The molecule has 1 N–H and O–H groups in total. The summed E-state index contributed by atoms with van der Waals surface area (Å²) in [6.45, 7) is 0. The van der Waals surface area contributed by atoms with Gasteiger partial charge in [0.25, 0.3) is 0 Å². The number of hydrogen-bond donors (Lipinski definition) is 1. The van der Waals surface area contributed by atoms with E-state index in [0.717, 1.165) is 39.5 Å². The largest absolute Gasteiger partial charge is 0.374 e. The number of hydrogen-bond acceptors (Lipinski definition) is 2. The summed E-state index contributed by atoms with van der Waals surface area (Å²) in [5, 5.41) is 6.06. The molecule has 1 aliphatic heterocycles. The summed E-state index contributed by atoms with van der Waals surface area (Å²) in [7, 11) is 0. The van der Waals surface area contributed by atoms with E-state index in [1.807, 2.05) is 12.1 Å². The molecule has 26 heavy (non-hydrogen) atoms. The highest BCUT2D eigenvalue weighted by molar-refractivity contribution is 9.10. The summed E-state index contributed by atoms with van der Waals surface area (Å²) in [6.07, 6.45) is 2.54. The van der Waals surface area contributed by atoms with Gasteiger partial charge in [0.2, 0.25) is 0 Å². The maximum Gasteiger partial charge on any atom is 0.163 e. The third kappa shape index (κ3) is 2.34. The van der Waals surface area contributed by atoms with Crippen molar-refractivity contribution in [1.82, 2.24) is 0 Å². The fourth-order valence-electron chi connectivity index (χ4n) is 4.34. The molecule has 3 aromatic carbocycles. The fraction of sp³-hybridized carbons (Fsp3) is 0.174. The molecule has 3 heteroatoms. The summed E-state index contributed by atoms with van der Waals surface area (Å²) < 4.78 is 1.08. The number of halogens is 1. The molecule has 2 nitrogen and oxygen atoms in total. The van der Waals surface area contributed by atoms with Crippen LogP contribution in [0.5, 0.6) is 0 Å². The Bertz CT molecular complexity index is 1080. The molecular formula is C23H18BrNO. The van der Waals surface area contributed by atoms with Crippen LogP contribution in [0.3, 0.4) is 0 Å². The maximum atomic E-state index is 13.0. The standard InChI is InChI=1S/C23H18BrNO/c24-18-10-4-3-8-16(18)23-17-9-5-11-20(26)22(17)21-15-7-2-1-6-14(15)12-13-19(21)25-23/h1-4,6-8,10,12-13,23,25H,5,9,11H2. The van der Waals surface area contributed by atoms with Crippen molar-refractivity contribution in [2.45, 2.75) is 25.3 Å².